The summed E-state index contributed by atoms with van der Waals surface area (Å²) in [6.07, 6.45) is 0.815. The lowest BCUT2D eigenvalue weighted by Crippen LogP contribution is -2.38. The van der Waals surface area contributed by atoms with E-state index in [1.807, 2.05) is 24.3 Å². The fourth-order valence-corrected chi connectivity index (χ4v) is 3.50. The Balaban J connectivity index is 1.88. The summed E-state index contributed by atoms with van der Waals surface area (Å²) in [7, 11) is 0. The zero-order valence-electron chi connectivity index (χ0n) is 12.4. The molecule has 0 saturated carbocycles. The molecule has 0 spiro atoms. The van der Waals surface area contributed by atoms with Gasteiger partial charge in [-0.05, 0) is 43.8 Å². The van der Waals surface area contributed by atoms with Crippen molar-refractivity contribution in [1.29, 1.82) is 0 Å². The minimum Gasteiger partial charge on any atom is -0.387 e. The Morgan fingerprint density at radius 3 is 2.80 bits per heavy atom. The molecule has 4 heteroatoms. The first kappa shape index (κ1) is 16.0. The number of hydrogen-bond acceptors (Lipinski definition) is 3. The van der Waals surface area contributed by atoms with E-state index in [2.05, 4.69) is 39.6 Å². The zero-order valence-corrected chi connectivity index (χ0v) is 14.0. The van der Waals surface area contributed by atoms with Crippen molar-refractivity contribution >= 4 is 15.9 Å². The number of aliphatic hydroxyl groups is 1. The molecule has 0 bridgehead atoms. The van der Waals surface area contributed by atoms with Crippen LogP contribution < -0.4 is 0 Å². The van der Waals surface area contributed by atoms with Gasteiger partial charge in [0, 0.05) is 23.6 Å². The fourth-order valence-electron chi connectivity index (χ4n) is 3.08. The van der Waals surface area contributed by atoms with E-state index in [1.54, 1.807) is 0 Å². The molecular weight excluding hydrogens is 316 g/mol. The molecule has 1 fully saturated rings. The molecule has 2 atom stereocenters. The third kappa shape index (κ3) is 4.04. The maximum Gasteiger partial charge on any atom is 0.0917 e. The highest BCUT2D eigenvalue weighted by Crippen LogP contribution is 2.22. The Kier molecular flexibility index (Phi) is 6.02. The first-order chi connectivity index (χ1) is 9.63. The van der Waals surface area contributed by atoms with Crippen molar-refractivity contribution in [3.8, 4) is 0 Å². The Bertz CT molecular complexity index is 423. The number of likely N-dealkylation sites (tertiary alicyclic amines) is 1. The SMILES string of the molecule is CCN(CC)C1CCN(CC(O)c2cccc(Br)c2)C1. The van der Waals surface area contributed by atoms with E-state index in [4.69, 9.17) is 0 Å². The van der Waals surface area contributed by atoms with Gasteiger partial charge in [-0.2, -0.15) is 0 Å². The summed E-state index contributed by atoms with van der Waals surface area (Å²) in [5.74, 6) is 0. The average molecular weight is 341 g/mol. The van der Waals surface area contributed by atoms with Crippen molar-refractivity contribution in [3.63, 3.8) is 0 Å². The molecule has 1 aliphatic heterocycles. The van der Waals surface area contributed by atoms with E-state index in [1.165, 1.54) is 6.42 Å². The predicted molar refractivity (Wildman–Crippen MR) is 86.9 cm³/mol. The van der Waals surface area contributed by atoms with Crippen LogP contribution in [-0.2, 0) is 0 Å². The van der Waals surface area contributed by atoms with E-state index in [0.29, 0.717) is 6.04 Å². The molecule has 0 amide bonds. The van der Waals surface area contributed by atoms with Crippen molar-refractivity contribution < 1.29 is 5.11 Å². The highest BCUT2D eigenvalue weighted by atomic mass is 79.9. The van der Waals surface area contributed by atoms with Gasteiger partial charge >= 0.3 is 0 Å². The number of aliphatic hydroxyl groups excluding tert-OH is 1. The molecule has 3 nitrogen and oxygen atoms in total. The van der Waals surface area contributed by atoms with Gasteiger partial charge in [0.15, 0.2) is 0 Å². The molecule has 0 aromatic heterocycles. The third-order valence-electron chi connectivity index (χ3n) is 4.24. The second-order valence-electron chi connectivity index (χ2n) is 5.49. The van der Waals surface area contributed by atoms with Gasteiger partial charge in [-0.15, -0.1) is 0 Å². The zero-order chi connectivity index (χ0) is 14.5. The van der Waals surface area contributed by atoms with Gasteiger partial charge in [0.2, 0.25) is 0 Å². The highest BCUT2D eigenvalue weighted by molar-refractivity contribution is 9.10. The van der Waals surface area contributed by atoms with Crippen LogP contribution in [0.5, 0.6) is 0 Å². The van der Waals surface area contributed by atoms with Gasteiger partial charge in [-0.3, -0.25) is 9.80 Å². The summed E-state index contributed by atoms with van der Waals surface area (Å²) in [6, 6.07) is 8.61. The van der Waals surface area contributed by atoms with Crippen LogP contribution in [0.3, 0.4) is 0 Å². The number of likely N-dealkylation sites (N-methyl/N-ethyl adjacent to an activating group) is 1. The third-order valence-corrected chi connectivity index (χ3v) is 4.73. The lowest BCUT2D eigenvalue weighted by Gasteiger charge is -2.26. The number of rotatable bonds is 6. The van der Waals surface area contributed by atoms with Crippen LogP contribution >= 0.6 is 15.9 Å². The number of halogens is 1. The normalized spacial score (nSPS) is 21.6. The van der Waals surface area contributed by atoms with E-state index in [9.17, 15) is 5.11 Å². The van der Waals surface area contributed by atoms with Gasteiger partial charge in [0.25, 0.3) is 0 Å². The van der Waals surface area contributed by atoms with Gasteiger partial charge in [0.05, 0.1) is 6.10 Å². The van der Waals surface area contributed by atoms with Crippen molar-refractivity contribution in [2.24, 2.45) is 0 Å². The topological polar surface area (TPSA) is 26.7 Å². The standard InChI is InChI=1S/C16H25BrN2O/c1-3-19(4-2)15-8-9-18(11-15)12-16(20)13-6-5-7-14(17)10-13/h5-7,10,15-16,20H,3-4,8-9,11-12H2,1-2H3. The first-order valence-corrected chi connectivity index (χ1v) is 8.33. The minimum atomic E-state index is -0.400. The van der Waals surface area contributed by atoms with Gasteiger partial charge in [0.1, 0.15) is 0 Å². The molecule has 1 saturated heterocycles. The molecular formula is C16H25BrN2O. The fraction of sp³-hybridized carbons (Fsp3) is 0.625. The summed E-state index contributed by atoms with van der Waals surface area (Å²) in [5, 5.41) is 10.4. The molecule has 1 aliphatic rings. The molecule has 1 aromatic carbocycles. The molecule has 2 rings (SSSR count). The highest BCUT2D eigenvalue weighted by Gasteiger charge is 2.27. The van der Waals surface area contributed by atoms with Crippen molar-refractivity contribution in [1.82, 2.24) is 9.80 Å². The molecule has 20 heavy (non-hydrogen) atoms. The molecule has 2 unspecified atom stereocenters. The average Bonchev–Trinajstić information content (AvgIpc) is 2.88. The van der Waals surface area contributed by atoms with E-state index in [0.717, 1.165) is 42.8 Å². The second kappa shape index (κ2) is 7.55. The quantitative estimate of drug-likeness (QED) is 0.862. The summed E-state index contributed by atoms with van der Waals surface area (Å²) in [4.78, 5) is 4.90. The van der Waals surface area contributed by atoms with E-state index >= 15 is 0 Å². The van der Waals surface area contributed by atoms with E-state index in [-0.39, 0.29) is 0 Å². The predicted octanol–water partition coefficient (Wildman–Crippen LogP) is 2.90. The Morgan fingerprint density at radius 1 is 1.40 bits per heavy atom. The Morgan fingerprint density at radius 2 is 2.15 bits per heavy atom. The summed E-state index contributed by atoms with van der Waals surface area (Å²) >= 11 is 3.46. The lowest BCUT2D eigenvalue weighted by atomic mass is 10.1. The summed E-state index contributed by atoms with van der Waals surface area (Å²) in [6.45, 7) is 9.57. The number of β-amino-alcohol motifs (C(OH)–C–C–N with tert-alkyl or cyclic N) is 1. The van der Waals surface area contributed by atoms with Crippen molar-refractivity contribution in [2.75, 3.05) is 32.7 Å². The summed E-state index contributed by atoms with van der Waals surface area (Å²) in [5.41, 5.74) is 0.991. The maximum absolute atomic E-state index is 10.4. The molecule has 1 heterocycles. The van der Waals surface area contributed by atoms with Crippen LogP contribution in [0.4, 0.5) is 0 Å². The molecule has 0 radical (unpaired) electrons. The molecule has 112 valence electrons. The van der Waals surface area contributed by atoms with Crippen LogP contribution in [0.1, 0.15) is 31.9 Å². The monoisotopic (exact) mass is 340 g/mol. The van der Waals surface area contributed by atoms with Gasteiger partial charge < -0.3 is 5.11 Å². The maximum atomic E-state index is 10.4. The minimum absolute atomic E-state index is 0.400. The number of nitrogens with zero attached hydrogens (tertiary/aromatic N) is 2. The van der Waals surface area contributed by atoms with Crippen molar-refractivity contribution in [2.45, 2.75) is 32.4 Å². The number of hydrogen-bond donors (Lipinski definition) is 1. The summed E-state index contributed by atoms with van der Waals surface area (Å²) < 4.78 is 1.02. The Hall–Kier alpha value is -0.420. The van der Waals surface area contributed by atoms with Crippen LogP contribution in [0.15, 0.2) is 28.7 Å². The van der Waals surface area contributed by atoms with Crippen LogP contribution in [-0.4, -0.2) is 53.7 Å². The van der Waals surface area contributed by atoms with Crippen LogP contribution in [0, 0.1) is 0 Å². The second-order valence-corrected chi connectivity index (χ2v) is 6.41. The Labute approximate surface area is 130 Å². The van der Waals surface area contributed by atoms with Gasteiger partial charge in [-0.25, -0.2) is 0 Å². The molecule has 1 aromatic rings. The van der Waals surface area contributed by atoms with E-state index < -0.39 is 6.10 Å². The van der Waals surface area contributed by atoms with Crippen molar-refractivity contribution in [3.05, 3.63) is 34.3 Å². The van der Waals surface area contributed by atoms with Crippen LogP contribution in [0.25, 0.3) is 0 Å². The lowest BCUT2D eigenvalue weighted by molar-refractivity contribution is 0.119. The van der Waals surface area contributed by atoms with Gasteiger partial charge in [-0.1, -0.05) is 41.9 Å². The van der Waals surface area contributed by atoms with Crippen LogP contribution in [0.2, 0.25) is 0 Å². The molecule has 1 N–H and O–H groups in total. The number of benzene rings is 1. The molecule has 0 aliphatic carbocycles. The smallest absolute Gasteiger partial charge is 0.0917 e. The first-order valence-electron chi connectivity index (χ1n) is 7.54. The largest absolute Gasteiger partial charge is 0.387 e.